The molecular formula is C18H23N3O6S. The molecule has 0 atom stereocenters. The number of methoxy groups -OCH3 is 1. The predicted molar refractivity (Wildman–Crippen MR) is 103 cm³/mol. The van der Waals surface area contributed by atoms with Gasteiger partial charge in [0, 0.05) is 11.4 Å². The summed E-state index contributed by atoms with van der Waals surface area (Å²) in [4.78, 5) is 26.9. The van der Waals surface area contributed by atoms with Gasteiger partial charge in [-0.15, -0.1) is 0 Å². The van der Waals surface area contributed by atoms with Crippen LogP contribution in [0.2, 0.25) is 0 Å². The van der Waals surface area contributed by atoms with Crippen molar-refractivity contribution in [2.24, 2.45) is 0 Å². The van der Waals surface area contributed by atoms with Crippen molar-refractivity contribution in [2.75, 3.05) is 25.6 Å². The van der Waals surface area contributed by atoms with Gasteiger partial charge in [0.1, 0.15) is 16.2 Å². The van der Waals surface area contributed by atoms with E-state index in [9.17, 15) is 18.0 Å². The third kappa shape index (κ3) is 4.70. The summed E-state index contributed by atoms with van der Waals surface area (Å²) in [5.74, 6) is -0.890. The first kappa shape index (κ1) is 21.5. The first-order valence-electron chi connectivity index (χ1n) is 8.50. The number of hydrogen-bond acceptors (Lipinski definition) is 6. The SMILES string of the molecule is CCOC(=O)c1c(C)[nH]c(C)c1S(=O)(=O)NCC(=O)Nc1ccccc1OC. The summed E-state index contributed by atoms with van der Waals surface area (Å²) in [5, 5.41) is 2.57. The molecule has 0 unspecified atom stereocenters. The summed E-state index contributed by atoms with van der Waals surface area (Å²) in [6.07, 6.45) is 0. The Morgan fingerprint density at radius 2 is 1.82 bits per heavy atom. The first-order valence-corrected chi connectivity index (χ1v) is 9.98. The first-order chi connectivity index (χ1) is 13.2. The van der Waals surface area contributed by atoms with Crippen molar-refractivity contribution in [3.05, 3.63) is 41.2 Å². The summed E-state index contributed by atoms with van der Waals surface area (Å²) in [6, 6.07) is 6.74. The molecule has 2 rings (SSSR count). The van der Waals surface area contributed by atoms with Crippen LogP contribution in [0.3, 0.4) is 0 Å². The van der Waals surface area contributed by atoms with Gasteiger partial charge in [0.05, 0.1) is 25.9 Å². The van der Waals surface area contributed by atoms with Gasteiger partial charge >= 0.3 is 5.97 Å². The number of aromatic nitrogens is 1. The highest BCUT2D eigenvalue weighted by Gasteiger charge is 2.30. The van der Waals surface area contributed by atoms with E-state index < -0.39 is 28.4 Å². The third-order valence-electron chi connectivity index (χ3n) is 3.87. The average Bonchev–Trinajstić information content (AvgIpc) is 2.95. The number of sulfonamides is 1. The maximum Gasteiger partial charge on any atom is 0.341 e. The highest BCUT2D eigenvalue weighted by Crippen LogP contribution is 2.25. The van der Waals surface area contributed by atoms with E-state index in [0.29, 0.717) is 17.1 Å². The Hall–Kier alpha value is -2.85. The van der Waals surface area contributed by atoms with Crippen molar-refractivity contribution in [2.45, 2.75) is 25.7 Å². The van der Waals surface area contributed by atoms with Gasteiger partial charge in [-0.25, -0.2) is 17.9 Å². The Labute approximate surface area is 163 Å². The molecule has 0 fully saturated rings. The molecule has 1 aromatic heterocycles. The number of rotatable bonds is 8. The summed E-state index contributed by atoms with van der Waals surface area (Å²) in [5.41, 5.74) is 0.986. The van der Waals surface area contributed by atoms with Crippen LogP contribution in [-0.2, 0) is 19.6 Å². The number of esters is 1. The summed E-state index contributed by atoms with van der Waals surface area (Å²) < 4.78 is 37.8. The van der Waals surface area contributed by atoms with Gasteiger partial charge in [-0.2, -0.15) is 0 Å². The number of carbonyl (C=O) groups is 2. The van der Waals surface area contributed by atoms with Crippen molar-refractivity contribution in [1.82, 2.24) is 9.71 Å². The minimum absolute atomic E-state index is 0.0722. The lowest BCUT2D eigenvalue weighted by Crippen LogP contribution is -2.34. The number of aryl methyl sites for hydroxylation is 2. The number of hydrogen-bond donors (Lipinski definition) is 3. The molecule has 2 aromatic rings. The van der Waals surface area contributed by atoms with E-state index >= 15 is 0 Å². The maximum absolute atomic E-state index is 12.7. The molecule has 0 radical (unpaired) electrons. The Morgan fingerprint density at radius 3 is 2.46 bits per heavy atom. The van der Waals surface area contributed by atoms with Gasteiger partial charge < -0.3 is 19.8 Å². The zero-order valence-electron chi connectivity index (χ0n) is 16.1. The van der Waals surface area contributed by atoms with Crippen LogP contribution in [0.15, 0.2) is 29.2 Å². The van der Waals surface area contributed by atoms with Gasteiger partial charge in [-0.05, 0) is 32.9 Å². The van der Waals surface area contributed by atoms with Crippen molar-refractivity contribution >= 4 is 27.6 Å². The fourth-order valence-corrected chi connectivity index (χ4v) is 4.14. The highest BCUT2D eigenvalue weighted by molar-refractivity contribution is 7.89. The second kappa shape index (κ2) is 8.89. The summed E-state index contributed by atoms with van der Waals surface area (Å²) in [7, 11) is -2.68. The largest absolute Gasteiger partial charge is 0.495 e. The third-order valence-corrected chi connectivity index (χ3v) is 5.44. The molecule has 0 spiro atoms. The van der Waals surface area contributed by atoms with Crippen LogP contribution in [-0.4, -0.2) is 45.5 Å². The van der Waals surface area contributed by atoms with Gasteiger partial charge in [-0.1, -0.05) is 12.1 Å². The number of nitrogens with one attached hydrogen (secondary N) is 3. The Balaban J connectivity index is 2.18. The highest BCUT2D eigenvalue weighted by atomic mass is 32.2. The van der Waals surface area contributed by atoms with Crippen LogP contribution in [0.4, 0.5) is 5.69 Å². The van der Waals surface area contributed by atoms with Crippen LogP contribution >= 0.6 is 0 Å². The molecule has 152 valence electrons. The normalized spacial score (nSPS) is 11.1. The van der Waals surface area contributed by atoms with Crippen molar-refractivity contribution in [3.63, 3.8) is 0 Å². The predicted octanol–water partition coefficient (Wildman–Crippen LogP) is 1.73. The van der Waals surface area contributed by atoms with Crippen LogP contribution in [0.5, 0.6) is 5.75 Å². The van der Waals surface area contributed by atoms with E-state index in [-0.39, 0.29) is 22.8 Å². The number of ether oxygens (including phenoxy) is 2. The molecule has 1 aromatic carbocycles. The molecule has 28 heavy (non-hydrogen) atoms. The number of aromatic amines is 1. The van der Waals surface area contributed by atoms with E-state index in [2.05, 4.69) is 15.0 Å². The molecule has 0 saturated heterocycles. The minimum atomic E-state index is -4.14. The van der Waals surface area contributed by atoms with Crippen molar-refractivity contribution in [1.29, 1.82) is 0 Å². The molecule has 0 bridgehead atoms. The van der Waals surface area contributed by atoms with E-state index in [1.165, 1.54) is 14.0 Å². The molecular weight excluding hydrogens is 386 g/mol. The second-order valence-electron chi connectivity index (χ2n) is 5.87. The summed E-state index contributed by atoms with van der Waals surface area (Å²) >= 11 is 0. The van der Waals surface area contributed by atoms with E-state index in [1.54, 1.807) is 38.1 Å². The lowest BCUT2D eigenvalue weighted by atomic mass is 10.2. The summed E-state index contributed by atoms with van der Waals surface area (Å²) in [6.45, 7) is 4.32. The second-order valence-corrected chi connectivity index (χ2v) is 7.58. The van der Waals surface area contributed by atoms with Crippen LogP contribution in [0, 0.1) is 13.8 Å². The zero-order chi connectivity index (χ0) is 20.9. The molecule has 0 aliphatic heterocycles. The molecule has 0 aliphatic carbocycles. The van der Waals surface area contributed by atoms with Crippen LogP contribution in [0.25, 0.3) is 0 Å². The number of anilines is 1. The van der Waals surface area contributed by atoms with Gasteiger partial charge in [0.15, 0.2) is 0 Å². The molecule has 0 saturated carbocycles. The lowest BCUT2D eigenvalue weighted by Gasteiger charge is -2.11. The van der Waals surface area contributed by atoms with Gasteiger partial charge in [0.25, 0.3) is 0 Å². The molecule has 3 N–H and O–H groups in total. The Bertz CT molecular complexity index is 981. The van der Waals surface area contributed by atoms with Gasteiger partial charge in [0.2, 0.25) is 15.9 Å². The van der Waals surface area contributed by atoms with E-state index in [0.717, 1.165) is 0 Å². The monoisotopic (exact) mass is 409 g/mol. The Morgan fingerprint density at radius 1 is 1.14 bits per heavy atom. The number of carbonyl (C=O) groups excluding carboxylic acids is 2. The quantitative estimate of drug-likeness (QED) is 0.570. The van der Waals surface area contributed by atoms with E-state index in [4.69, 9.17) is 9.47 Å². The number of para-hydroxylation sites is 2. The molecule has 1 heterocycles. The number of H-pyrrole nitrogens is 1. The number of amides is 1. The lowest BCUT2D eigenvalue weighted by molar-refractivity contribution is -0.115. The molecule has 0 aliphatic rings. The van der Waals surface area contributed by atoms with Crippen LogP contribution < -0.4 is 14.8 Å². The molecule has 1 amide bonds. The van der Waals surface area contributed by atoms with Crippen LogP contribution in [0.1, 0.15) is 28.7 Å². The van der Waals surface area contributed by atoms with Gasteiger partial charge in [-0.3, -0.25) is 4.79 Å². The standard InChI is InChI=1S/C18H23N3O6S/c1-5-27-18(23)16-11(2)20-12(3)17(16)28(24,25)19-10-15(22)21-13-8-6-7-9-14(13)26-4/h6-9,19-20H,5,10H2,1-4H3,(H,21,22). The zero-order valence-corrected chi connectivity index (χ0v) is 16.9. The fourth-order valence-electron chi connectivity index (χ4n) is 2.72. The molecule has 9 nitrogen and oxygen atoms in total. The maximum atomic E-state index is 12.7. The van der Waals surface area contributed by atoms with Crippen molar-refractivity contribution in [3.8, 4) is 5.75 Å². The average molecular weight is 409 g/mol. The topological polar surface area (TPSA) is 127 Å². The van der Waals surface area contributed by atoms with Crippen molar-refractivity contribution < 1.29 is 27.5 Å². The molecule has 10 heteroatoms. The Kier molecular flexibility index (Phi) is 6.81. The number of benzene rings is 1. The smallest absolute Gasteiger partial charge is 0.341 e. The minimum Gasteiger partial charge on any atom is -0.495 e. The van der Waals surface area contributed by atoms with E-state index in [1.807, 2.05) is 0 Å². The fraction of sp³-hybridized carbons (Fsp3) is 0.333.